The Kier molecular flexibility index (Phi) is 6.50. The number of ether oxygens (including phenoxy) is 1. The molecule has 0 saturated carbocycles. The van der Waals surface area contributed by atoms with Crippen molar-refractivity contribution in [1.82, 2.24) is 14.5 Å². The van der Waals surface area contributed by atoms with E-state index in [-0.39, 0.29) is 11.2 Å². The minimum absolute atomic E-state index is 0.318. The summed E-state index contributed by atoms with van der Waals surface area (Å²) in [5.74, 6) is 0.846. The molecule has 1 fully saturated rings. The van der Waals surface area contributed by atoms with Crippen molar-refractivity contribution in [3.8, 4) is 5.75 Å². The van der Waals surface area contributed by atoms with Crippen molar-refractivity contribution >= 4 is 0 Å². The number of piperidine rings is 1. The van der Waals surface area contributed by atoms with Crippen LogP contribution in [0, 0.1) is 13.8 Å². The second kappa shape index (κ2) is 9.04. The lowest BCUT2D eigenvalue weighted by molar-refractivity contribution is 0.205. The summed E-state index contributed by atoms with van der Waals surface area (Å²) in [5.41, 5.74) is 1.57. The first-order valence-electron chi connectivity index (χ1n) is 9.79. The molecule has 146 valence electrons. The number of benzene rings is 1. The molecule has 6 nitrogen and oxygen atoms in total. The van der Waals surface area contributed by atoms with Crippen molar-refractivity contribution in [3.05, 3.63) is 61.9 Å². The van der Waals surface area contributed by atoms with Gasteiger partial charge in [-0.05, 0) is 63.9 Å². The average molecular weight is 371 g/mol. The third-order valence-corrected chi connectivity index (χ3v) is 5.35. The van der Waals surface area contributed by atoms with Gasteiger partial charge in [-0.25, -0.2) is 4.79 Å². The molecule has 1 N–H and O–H groups in total. The standard InChI is InChI=1S/C21H29N3O3/c1-16-17(2)24(21(26)22-20(16)25)15-18-7-9-19(10-8-18)27-14-6-13-23-11-4-3-5-12-23/h7-10H,3-6,11-15H2,1-2H3,(H,22,25,26). The van der Waals surface area contributed by atoms with E-state index in [1.54, 1.807) is 18.4 Å². The van der Waals surface area contributed by atoms with Crippen molar-refractivity contribution in [1.29, 1.82) is 0 Å². The van der Waals surface area contributed by atoms with Crippen molar-refractivity contribution in [3.63, 3.8) is 0 Å². The molecule has 0 radical (unpaired) electrons. The first kappa shape index (κ1) is 19.4. The monoisotopic (exact) mass is 371 g/mol. The van der Waals surface area contributed by atoms with Crippen LogP contribution in [-0.2, 0) is 6.54 Å². The molecule has 1 aliphatic heterocycles. The normalized spacial score (nSPS) is 15.0. The number of hydrogen-bond acceptors (Lipinski definition) is 4. The highest BCUT2D eigenvalue weighted by molar-refractivity contribution is 5.28. The van der Waals surface area contributed by atoms with Crippen LogP contribution in [0.2, 0.25) is 0 Å². The van der Waals surface area contributed by atoms with Gasteiger partial charge in [-0.1, -0.05) is 18.6 Å². The van der Waals surface area contributed by atoms with Gasteiger partial charge in [0.15, 0.2) is 0 Å². The van der Waals surface area contributed by atoms with Gasteiger partial charge in [0.05, 0.1) is 13.2 Å². The van der Waals surface area contributed by atoms with Gasteiger partial charge in [0.25, 0.3) is 5.56 Å². The third-order valence-electron chi connectivity index (χ3n) is 5.35. The van der Waals surface area contributed by atoms with Crippen LogP contribution >= 0.6 is 0 Å². The highest BCUT2D eigenvalue weighted by Crippen LogP contribution is 2.14. The molecule has 0 unspecified atom stereocenters. The molecule has 0 spiro atoms. The molecule has 0 atom stereocenters. The molecule has 0 amide bonds. The van der Waals surface area contributed by atoms with Crippen molar-refractivity contribution < 1.29 is 4.74 Å². The van der Waals surface area contributed by atoms with Gasteiger partial charge in [0.2, 0.25) is 0 Å². The summed E-state index contributed by atoms with van der Waals surface area (Å²) in [4.78, 5) is 28.6. The highest BCUT2D eigenvalue weighted by atomic mass is 16.5. The Balaban J connectivity index is 1.52. The Morgan fingerprint density at radius 1 is 1.04 bits per heavy atom. The zero-order valence-electron chi connectivity index (χ0n) is 16.3. The van der Waals surface area contributed by atoms with E-state index in [2.05, 4.69) is 9.88 Å². The summed E-state index contributed by atoms with van der Waals surface area (Å²) < 4.78 is 7.43. The summed E-state index contributed by atoms with van der Waals surface area (Å²) in [6.45, 7) is 8.21. The summed E-state index contributed by atoms with van der Waals surface area (Å²) in [7, 11) is 0. The van der Waals surface area contributed by atoms with Crippen LogP contribution in [-0.4, -0.2) is 40.7 Å². The maximum absolute atomic E-state index is 12.1. The van der Waals surface area contributed by atoms with Gasteiger partial charge in [0.1, 0.15) is 5.75 Å². The van der Waals surface area contributed by atoms with Crippen molar-refractivity contribution in [2.45, 2.75) is 46.1 Å². The number of aromatic amines is 1. The van der Waals surface area contributed by atoms with Crippen LogP contribution in [0.1, 0.15) is 42.5 Å². The zero-order valence-corrected chi connectivity index (χ0v) is 16.3. The first-order chi connectivity index (χ1) is 13.0. The van der Waals surface area contributed by atoms with Crippen LogP contribution in [0.3, 0.4) is 0 Å². The molecule has 27 heavy (non-hydrogen) atoms. The Hall–Kier alpha value is -2.34. The second-order valence-electron chi connectivity index (χ2n) is 7.30. The van der Waals surface area contributed by atoms with E-state index < -0.39 is 0 Å². The Morgan fingerprint density at radius 3 is 2.44 bits per heavy atom. The minimum Gasteiger partial charge on any atom is -0.494 e. The predicted octanol–water partition coefficient (Wildman–Crippen LogP) is 2.46. The van der Waals surface area contributed by atoms with Crippen LogP contribution < -0.4 is 16.0 Å². The fourth-order valence-electron chi connectivity index (χ4n) is 3.50. The lowest BCUT2D eigenvalue weighted by Gasteiger charge is -2.26. The number of rotatable bonds is 7. The van der Waals surface area contributed by atoms with E-state index in [1.807, 2.05) is 24.3 Å². The van der Waals surface area contributed by atoms with E-state index in [0.29, 0.717) is 24.4 Å². The number of aromatic nitrogens is 2. The highest BCUT2D eigenvalue weighted by Gasteiger charge is 2.10. The summed E-state index contributed by atoms with van der Waals surface area (Å²) in [6, 6.07) is 7.81. The van der Waals surface area contributed by atoms with Gasteiger partial charge in [-0.15, -0.1) is 0 Å². The maximum atomic E-state index is 12.1. The summed E-state index contributed by atoms with van der Waals surface area (Å²) in [6.07, 6.45) is 5.04. The number of likely N-dealkylation sites (tertiary alicyclic amines) is 1. The fourth-order valence-corrected chi connectivity index (χ4v) is 3.50. The largest absolute Gasteiger partial charge is 0.494 e. The third kappa shape index (κ3) is 5.10. The second-order valence-corrected chi connectivity index (χ2v) is 7.30. The smallest absolute Gasteiger partial charge is 0.328 e. The van der Waals surface area contributed by atoms with Gasteiger partial charge in [-0.2, -0.15) is 0 Å². The molecule has 6 heteroatoms. The van der Waals surface area contributed by atoms with E-state index >= 15 is 0 Å². The molecular weight excluding hydrogens is 342 g/mol. The molecule has 1 saturated heterocycles. The summed E-state index contributed by atoms with van der Waals surface area (Å²) >= 11 is 0. The number of nitrogens with zero attached hydrogens (tertiary/aromatic N) is 2. The molecule has 1 aliphatic rings. The topological polar surface area (TPSA) is 67.3 Å². The predicted molar refractivity (Wildman–Crippen MR) is 107 cm³/mol. The number of H-pyrrole nitrogens is 1. The molecule has 1 aromatic heterocycles. The molecule has 2 aromatic rings. The average Bonchev–Trinajstić information content (AvgIpc) is 2.69. The first-order valence-corrected chi connectivity index (χ1v) is 9.79. The molecule has 3 rings (SSSR count). The number of nitrogens with one attached hydrogen (secondary N) is 1. The van der Waals surface area contributed by atoms with Crippen LogP contribution in [0.15, 0.2) is 33.9 Å². The summed E-state index contributed by atoms with van der Waals surface area (Å²) in [5, 5.41) is 0. The minimum atomic E-state index is -0.374. The Morgan fingerprint density at radius 2 is 1.74 bits per heavy atom. The van der Waals surface area contributed by atoms with Crippen LogP contribution in [0.5, 0.6) is 5.75 Å². The molecule has 0 aliphatic carbocycles. The van der Waals surface area contributed by atoms with Crippen LogP contribution in [0.25, 0.3) is 0 Å². The van der Waals surface area contributed by atoms with Crippen molar-refractivity contribution in [2.24, 2.45) is 0 Å². The fraction of sp³-hybridized carbons (Fsp3) is 0.524. The van der Waals surface area contributed by atoms with E-state index in [1.165, 1.54) is 32.4 Å². The molecule has 0 bridgehead atoms. The van der Waals surface area contributed by atoms with Gasteiger partial charge >= 0.3 is 5.69 Å². The van der Waals surface area contributed by atoms with Crippen LogP contribution in [0.4, 0.5) is 0 Å². The lowest BCUT2D eigenvalue weighted by atomic mass is 10.1. The Labute approximate surface area is 159 Å². The van der Waals surface area contributed by atoms with Crippen molar-refractivity contribution in [2.75, 3.05) is 26.2 Å². The lowest BCUT2D eigenvalue weighted by Crippen LogP contribution is -2.33. The van der Waals surface area contributed by atoms with E-state index in [9.17, 15) is 9.59 Å². The number of hydrogen-bond donors (Lipinski definition) is 1. The van der Waals surface area contributed by atoms with Gasteiger partial charge in [-0.3, -0.25) is 14.3 Å². The van der Waals surface area contributed by atoms with Gasteiger partial charge in [0, 0.05) is 17.8 Å². The van der Waals surface area contributed by atoms with E-state index in [0.717, 1.165) is 24.3 Å². The van der Waals surface area contributed by atoms with Gasteiger partial charge < -0.3 is 9.64 Å². The maximum Gasteiger partial charge on any atom is 0.328 e. The quantitative estimate of drug-likeness (QED) is 0.759. The molecule has 1 aromatic carbocycles. The molecule has 2 heterocycles. The zero-order chi connectivity index (χ0) is 19.2. The SMILES string of the molecule is Cc1c(C)n(Cc2ccc(OCCCN3CCCCC3)cc2)c(=O)[nH]c1=O. The molecular formula is C21H29N3O3. The van der Waals surface area contributed by atoms with E-state index in [4.69, 9.17) is 4.74 Å². The Bertz CT molecular complexity index is 862.